The van der Waals surface area contributed by atoms with E-state index < -0.39 is 23.6 Å². The number of aliphatic hydroxyl groups is 2. The standard InChI is InChI=1S/C30H48O4/c1-25(2)14-15-30(24(33)34)13-10-20-27(5)11-8-19-26(3,4)23(32)18(31)16-29(19,7)21(27)9-12-28(20,6)22(30)17-25/h10,18-19,21-23,31-32H,8-9,11-17H2,1-7H3,(H,33,34). The Hall–Kier alpha value is -0.870. The van der Waals surface area contributed by atoms with E-state index in [2.05, 4.69) is 54.5 Å². The molecule has 4 nitrogen and oxygen atoms in total. The number of aliphatic carboxylic acids is 1. The molecule has 192 valence electrons. The third-order valence-corrected chi connectivity index (χ3v) is 12.7. The van der Waals surface area contributed by atoms with Gasteiger partial charge in [-0.1, -0.05) is 60.1 Å². The van der Waals surface area contributed by atoms with Gasteiger partial charge in [0.25, 0.3) is 0 Å². The Morgan fingerprint density at radius 2 is 1.41 bits per heavy atom. The first kappa shape index (κ1) is 24.8. The zero-order chi connectivity index (χ0) is 25.1. The Kier molecular flexibility index (Phi) is 5.20. The number of allylic oxidation sites excluding steroid dienone is 2. The van der Waals surface area contributed by atoms with E-state index >= 15 is 0 Å². The van der Waals surface area contributed by atoms with Crippen molar-refractivity contribution in [2.75, 3.05) is 0 Å². The van der Waals surface area contributed by atoms with Crippen LogP contribution in [0.3, 0.4) is 0 Å². The molecule has 0 spiro atoms. The molecule has 0 bridgehead atoms. The van der Waals surface area contributed by atoms with Crippen LogP contribution < -0.4 is 0 Å². The number of carboxylic acid groups (broad SMARTS) is 1. The lowest BCUT2D eigenvalue weighted by Gasteiger charge is -2.70. The zero-order valence-corrected chi connectivity index (χ0v) is 22.6. The van der Waals surface area contributed by atoms with Gasteiger partial charge < -0.3 is 15.3 Å². The molecule has 4 fully saturated rings. The molecule has 0 saturated heterocycles. The van der Waals surface area contributed by atoms with Crippen molar-refractivity contribution in [1.29, 1.82) is 0 Å². The second-order valence-corrected chi connectivity index (χ2v) is 15.3. The first-order valence-electron chi connectivity index (χ1n) is 13.9. The normalized spacial score (nSPS) is 53.4. The molecule has 0 amide bonds. The predicted octanol–water partition coefficient (Wildman–Crippen LogP) is 6.20. The van der Waals surface area contributed by atoms with Crippen molar-refractivity contribution in [3.8, 4) is 0 Å². The maximum Gasteiger partial charge on any atom is 0.310 e. The number of fused-ring (bicyclic) bond motifs is 7. The Morgan fingerprint density at radius 3 is 2.03 bits per heavy atom. The summed E-state index contributed by atoms with van der Waals surface area (Å²) in [5, 5.41) is 32.4. The van der Waals surface area contributed by atoms with Gasteiger partial charge >= 0.3 is 5.97 Å². The minimum atomic E-state index is -0.675. The molecule has 34 heavy (non-hydrogen) atoms. The van der Waals surface area contributed by atoms with Crippen molar-refractivity contribution in [3.05, 3.63) is 11.6 Å². The highest BCUT2D eigenvalue weighted by Crippen LogP contribution is 2.75. The third kappa shape index (κ3) is 2.93. The van der Waals surface area contributed by atoms with Crippen LogP contribution in [0.1, 0.15) is 106 Å². The Morgan fingerprint density at radius 1 is 0.824 bits per heavy atom. The van der Waals surface area contributed by atoms with Gasteiger partial charge in [-0.05, 0) is 103 Å². The van der Waals surface area contributed by atoms with Crippen molar-refractivity contribution >= 4 is 5.97 Å². The molecule has 9 unspecified atom stereocenters. The largest absolute Gasteiger partial charge is 0.481 e. The quantitative estimate of drug-likeness (QED) is 0.397. The summed E-state index contributed by atoms with van der Waals surface area (Å²) >= 11 is 0. The van der Waals surface area contributed by atoms with Crippen molar-refractivity contribution in [1.82, 2.24) is 0 Å². The lowest BCUT2D eigenvalue weighted by atomic mass is 9.34. The van der Waals surface area contributed by atoms with E-state index in [1.807, 2.05) is 0 Å². The predicted molar refractivity (Wildman–Crippen MR) is 134 cm³/mol. The van der Waals surface area contributed by atoms with Crippen molar-refractivity contribution < 1.29 is 20.1 Å². The molecule has 5 aliphatic rings. The van der Waals surface area contributed by atoms with E-state index in [9.17, 15) is 20.1 Å². The second kappa shape index (κ2) is 7.12. The van der Waals surface area contributed by atoms with Gasteiger partial charge in [-0.3, -0.25) is 4.79 Å². The first-order valence-corrected chi connectivity index (χ1v) is 13.9. The summed E-state index contributed by atoms with van der Waals surface area (Å²) in [6.07, 6.45) is 9.44. The first-order chi connectivity index (χ1) is 15.5. The molecule has 3 N–H and O–H groups in total. The van der Waals surface area contributed by atoms with Gasteiger partial charge in [-0.15, -0.1) is 0 Å². The van der Waals surface area contributed by atoms with Gasteiger partial charge in [0.05, 0.1) is 17.6 Å². The van der Waals surface area contributed by atoms with Crippen LogP contribution in [0.4, 0.5) is 0 Å². The summed E-state index contributed by atoms with van der Waals surface area (Å²) in [4.78, 5) is 12.8. The van der Waals surface area contributed by atoms with E-state index in [-0.39, 0.29) is 33.0 Å². The molecule has 0 aromatic rings. The highest BCUT2D eigenvalue weighted by molar-refractivity contribution is 5.76. The van der Waals surface area contributed by atoms with Gasteiger partial charge in [-0.2, -0.15) is 0 Å². The van der Waals surface area contributed by atoms with Crippen molar-refractivity contribution in [2.24, 2.45) is 50.2 Å². The molecule has 0 aliphatic heterocycles. The van der Waals surface area contributed by atoms with Crippen molar-refractivity contribution in [2.45, 2.75) is 118 Å². The molecule has 4 heteroatoms. The Balaban J connectivity index is 1.60. The monoisotopic (exact) mass is 472 g/mol. The summed E-state index contributed by atoms with van der Waals surface area (Å²) in [6.45, 7) is 16.2. The van der Waals surface area contributed by atoms with Gasteiger partial charge in [0, 0.05) is 0 Å². The fourth-order valence-corrected chi connectivity index (χ4v) is 11.0. The van der Waals surface area contributed by atoms with Crippen LogP contribution in [-0.4, -0.2) is 33.5 Å². The molecule has 9 atom stereocenters. The lowest BCUT2D eigenvalue weighted by molar-refractivity contribution is -0.219. The summed E-state index contributed by atoms with van der Waals surface area (Å²) in [5.74, 6) is 0.434. The average Bonchev–Trinajstić information content (AvgIpc) is 2.71. The summed E-state index contributed by atoms with van der Waals surface area (Å²) < 4.78 is 0. The van der Waals surface area contributed by atoms with E-state index in [0.29, 0.717) is 24.7 Å². The maximum atomic E-state index is 12.8. The highest BCUT2D eigenvalue weighted by Gasteiger charge is 2.69. The van der Waals surface area contributed by atoms with Crippen molar-refractivity contribution in [3.63, 3.8) is 0 Å². The molecule has 0 aromatic carbocycles. The highest BCUT2D eigenvalue weighted by atomic mass is 16.4. The zero-order valence-electron chi connectivity index (χ0n) is 22.6. The van der Waals surface area contributed by atoms with E-state index in [1.165, 1.54) is 5.57 Å². The van der Waals surface area contributed by atoms with Crippen LogP contribution in [0.15, 0.2) is 11.6 Å². The number of carboxylic acids is 1. The smallest absolute Gasteiger partial charge is 0.310 e. The molecule has 0 radical (unpaired) electrons. The summed E-state index contributed by atoms with van der Waals surface area (Å²) in [5.41, 5.74) is 0.725. The van der Waals surface area contributed by atoms with Crippen LogP contribution in [0, 0.1) is 50.2 Å². The second-order valence-electron chi connectivity index (χ2n) is 15.3. The van der Waals surface area contributed by atoms with E-state index in [0.717, 1.165) is 44.9 Å². The topological polar surface area (TPSA) is 77.8 Å². The number of rotatable bonds is 1. The van der Waals surface area contributed by atoms with Crippen LogP contribution in [0.25, 0.3) is 0 Å². The maximum absolute atomic E-state index is 12.8. The van der Waals surface area contributed by atoms with Gasteiger partial charge in [0.15, 0.2) is 0 Å². The third-order valence-electron chi connectivity index (χ3n) is 12.7. The number of hydrogen-bond acceptors (Lipinski definition) is 3. The molecule has 5 rings (SSSR count). The SMILES string of the molecule is CC1(C)CCC2(C(=O)O)CC=C3C(C)(CCC4C3(C)CCC3C(C)(C)C(O)C(O)CC43C)C2C1. The number of hydrogen-bond donors (Lipinski definition) is 3. The van der Waals surface area contributed by atoms with E-state index in [4.69, 9.17) is 0 Å². The number of aliphatic hydroxyl groups excluding tert-OH is 2. The Labute approximate surface area is 206 Å². The molecular weight excluding hydrogens is 424 g/mol. The van der Waals surface area contributed by atoms with Crippen LogP contribution in [0.2, 0.25) is 0 Å². The van der Waals surface area contributed by atoms with Gasteiger partial charge in [0.1, 0.15) is 0 Å². The minimum absolute atomic E-state index is 0.0233. The van der Waals surface area contributed by atoms with Gasteiger partial charge in [0.2, 0.25) is 0 Å². The fraction of sp³-hybridized carbons (Fsp3) is 0.900. The molecule has 5 aliphatic carbocycles. The molecule has 4 saturated carbocycles. The summed E-state index contributed by atoms with van der Waals surface area (Å²) in [6, 6.07) is 0. The molecule has 0 aromatic heterocycles. The minimum Gasteiger partial charge on any atom is -0.481 e. The van der Waals surface area contributed by atoms with Gasteiger partial charge in [-0.25, -0.2) is 0 Å². The Bertz CT molecular complexity index is 919. The molecule has 0 heterocycles. The fourth-order valence-electron chi connectivity index (χ4n) is 11.0. The van der Waals surface area contributed by atoms with Crippen LogP contribution >= 0.6 is 0 Å². The van der Waals surface area contributed by atoms with Crippen LogP contribution in [0.5, 0.6) is 0 Å². The lowest BCUT2D eigenvalue weighted by Crippen LogP contribution is -2.66. The summed E-state index contributed by atoms with van der Waals surface area (Å²) in [7, 11) is 0. The average molecular weight is 473 g/mol. The van der Waals surface area contributed by atoms with E-state index in [1.54, 1.807) is 0 Å². The number of carbonyl (C=O) groups is 1. The van der Waals surface area contributed by atoms with Crippen LogP contribution in [-0.2, 0) is 4.79 Å². The molecular formula is C30H48O4.